The molecular weight excluding hydrogens is 840 g/mol. The third kappa shape index (κ3) is 48.1. The number of unbranched alkanes of at least 4 members (excludes halogenated alkanes) is 5. The molecule has 370 valence electrons. The topological polar surface area (TPSA) is 108 Å². The van der Waals surface area contributed by atoms with Gasteiger partial charge >= 0.3 is 0 Å². The van der Waals surface area contributed by atoms with Crippen LogP contribution in [-0.4, -0.2) is 68.5 Å². The van der Waals surface area contributed by atoms with E-state index < -0.39 is 26.6 Å². The first-order valence-corrected chi connectivity index (χ1v) is 26.3. The van der Waals surface area contributed by atoms with E-state index >= 15 is 0 Å². The highest BCUT2D eigenvalue weighted by Crippen LogP contribution is 2.38. The lowest BCUT2D eigenvalue weighted by molar-refractivity contribution is -0.870. The van der Waals surface area contributed by atoms with Crippen LogP contribution in [0.25, 0.3) is 0 Å². The second kappa shape index (κ2) is 46.2. The minimum Gasteiger partial charge on any atom is -0.756 e. The van der Waals surface area contributed by atoms with Gasteiger partial charge in [0, 0.05) is 6.42 Å². The maximum absolute atomic E-state index is 12.7. The summed E-state index contributed by atoms with van der Waals surface area (Å²) in [5.74, 6) is -0.256. The number of nitrogens with zero attached hydrogens (tertiary/aromatic N) is 1. The molecule has 8 nitrogen and oxygen atoms in total. The van der Waals surface area contributed by atoms with Gasteiger partial charge in [-0.3, -0.25) is 9.36 Å². The van der Waals surface area contributed by atoms with Crippen molar-refractivity contribution in [3.8, 4) is 0 Å². The number of carbonyl (C=O) groups is 1. The fourth-order valence-corrected chi connectivity index (χ4v) is 6.56. The molecule has 0 aromatic rings. The van der Waals surface area contributed by atoms with E-state index in [1.165, 1.54) is 0 Å². The van der Waals surface area contributed by atoms with Gasteiger partial charge in [-0.05, 0) is 109 Å². The van der Waals surface area contributed by atoms with Gasteiger partial charge in [0.05, 0.1) is 39.9 Å². The smallest absolute Gasteiger partial charge is 0.268 e. The van der Waals surface area contributed by atoms with Crippen molar-refractivity contribution >= 4 is 13.7 Å². The summed E-state index contributed by atoms with van der Waals surface area (Å²) in [6.45, 7) is 4.33. The lowest BCUT2D eigenvalue weighted by atomic mass is 10.1. The molecular formula is C57H91N2O6P. The molecule has 0 aliphatic heterocycles. The van der Waals surface area contributed by atoms with Crippen molar-refractivity contribution in [3.63, 3.8) is 0 Å². The van der Waals surface area contributed by atoms with E-state index in [2.05, 4.69) is 165 Å². The molecule has 2 N–H and O–H groups in total. The molecule has 0 rings (SSSR count). The number of hydrogen-bond donors (Lipinski definition) is 2. The highest BCUT2D eigenvalue weighted by Gasteiger charge is 2.23. The van der Waals surface area contributed by atoms with Crippen molar-refractivity contribution in [1.82, 2.24) is 5.32 Å². The Morgan fingerprint density at radius 3 is 1.29 bits per heavy atom. The summed E-state index contributed by atoms with van der Waals surface area (Å²) in [6, 6.07) is -0.917. The Bertz CT molecular complexity index is 1620. The summed E-state index contributed by atoms with van der Waals surface area (Å²) >= 11 is 0. The van der Waals surface area contributed by atoms with Crippen LogP contribution in [-0.2, 0) is 18.4 Å². The van der Waals surface area contributed by atoms with E-state index in [1.54, 1.807) is 6.08 Å². The van der Waals surface area contributed by atoms with Crippen LogP contribution in [0.15, 0.2) is 158 Å². The van der Waals surface area contributed by atoms with Crippen molar-refractivity contribution in [3.05, 3.63) is 158 Å². The molecule has 0 radical (unpaired) electrons. The lowest BCUT2D eigenvalue weighted by Crippen LogP contribution is -2.45. The molecule has 0 saturated heterocycles. The summed E-state index contributed by atoms with van der Waals surface area (Å²) in [7, 11) is 1.20. The number of carbonyl (C=O) groups excluding carboxylic acids is 1. The van der Waals surface area contributed by atoms with Gasteiger partial charge in [0.2, 0.25) is 5.91 Å². The van der Waals surface area contributed by atoms with Crippen molar-refractivity contribution in [2.45, 2.75) is 154 Å². The molecule has 0 spiro atoms. The molecule has 0 aliphatic carbocycles. The Kier molecular flexibility index (Phi) is 43.5. The first-order chi connectivity index (χ1) is 32.0. The Balaban J connectivity index is 4.11. The highest BCUT2D eigenvalue weighted by molar-refractivity contribution is 7.45. The summed E-state index contributed by atoms with van der Waals surface area (Å²) in [5, 5.41) is 13.5. The number of nitrogens with one attached hydrogen (secondary N) is 1. The van der Waals surface area contributed by atoms with E-state index in [9.17, 15) is 19.4 Å². The highest BCUT2D eigenvalue weighted by atomic mass is 31.2. The second-order valence-electron chi connectivity index (χ2n) is 17.1. The molecule has 66 heavy (non-hydrogen) atoms. The Morgan fingerprint density at radius 2 is 0.909 bits per heavy atom. The van der Waals surface area contributed by atoms with Crippen molar-refractivity contribution in [2.75, 3.05) is 40.9 Å². The zero-order valence-corrected chi connectivity index (χ0v) is 42.7. The van der Waals surface area contributed by atoms with Gasteiger partial charge in [0.1, 0.15) is 13.2 Å². The fraction of sp³-hybridized carbons (Fsp3) is 0.526. The number of allylic oxidation sites excluding steroid dienone is 25. The summed E-state index contributed by atoms with van der Waals surface area (Å²) in [4.78, 5) is 25.1. The van der Waals surface area contributed by atoms with Crippen molar-refractivity contribution in [2.24, 2.45) is 0 Å². The number of rotatable bonds is 42. The maximum Gasteiger partial charge on any atom is 0.268 e. The minimum absolute atomic E-state index is 0.0198. The van der Waals surface area contributed by atoms with E-state index in [1.807, 2.05) is 27.2 Å². The normalized spacial score (nSPS) is 15.4. The van der Waals surface area contributed by atoms with Crippen LogP contribution < -0.4 is 10.2 Å². The first kappa shape index (κ1) is 62.1. The molecule has 0 saturated carbocycles. The molecule has 3 unspecified atom stereocenters. The zero-order valence-electron chi connectivity index (χ0n) is 41.8. The standard InChI is InChI=1S/C57H91N2O6P/c1-6-8-10-12-13-14-15-16-17-18-19-20-21-22-23-24-25-26-27-28-29-30-31-32-33-34-35-36-37-38-39-40-41-42-43-44-45-47-49-51-57(61)58-55(56(60)50-48-46-11-9-7-2)54-65-66(62,63)64-53-52-59(3,4)5/h8,10,13-14,16-17,19-20,22-23,25-26,28-29,31-32,34-35,37-38,40-41,43-44,48,50,55-56,60H,6-7,9,11-12,15,18,21,24,27,30,33,36,39,42,45-47,49,51-54H2,1-5H3,(H-,58,61,62,63)/b10-8-,14-13-,17-16-,20-19-,23-22-,26-25-,29-28-,32-31-,35-34-,38-37-,41-40-,44-43-,50-48+. The average molecular weight is 931 g/mol. The van der Waals surface area contributed by atoms with Gasteiger partial charge in [-0.2, -0.15) is 0 Å². The van der Waals surface area contributed by atoms with Gasteiger partial charge in [-0.25, -0.2) is 0 Å². The molecule has 9 heteroatoms. The number of quaternary nitrogens is 1. The molecule has 0 heterocycles. The number of aliphatic hydroxyl groups is 1. The first-order valence-electron chi connectivity index (χ1n) is 24.8. The van der Waals surface area contributed by atoms with E-state index in [0.717, 1.165) is 116 Å². The van der Waals surface area contributed by atoms with Crippen LogP contribution in [0.5, 0.6) is 0 Å². The molecule has 1 amide bonds. The molecule has 0 aromatic carbocycles. The number of amides is 1. The summed E-state index contributed by atoms with van der Waals surface area (Å²) in [5.41, 5.74) is 0. The van der Waals surface area contributed by atoms with Gasteiger partial charge in [0.25, 0.3) is 7.82 Å². The predicted octanol–water partition coefficient (Wildman–Crippen LogP) is 14.1. The Hall–Kier alpha value is -3.88. The third-order valence-corrected chi connectivity index (χ3v) is 10.7. The van der Waals surface area contributed by atoms with Crippen LogP contribution in [0.1, 0.15) is 142 Å². The number of phosphoric ester groups is 1. The van der Waals surface area contributed by atoms with Crippen LogP contribution in [0.3, 0.4) is 0 Å². The predicted molar refractivity (Wildman–Crippen MR) is 283 cm³/mol. The SMILES string of the molecule is CC/C=C\C/C=C\C/C=C\C/C=C\C/C=C\C/C=C\C/C=C\C/C=C\C/C=C\C/C=C\C/C=C\C/C=C\CCCCC(=O)NC(COP(=O)([O-])OCC[N+](C)(C)C)C(O)/C=C/CCCCC. The minimum atomic E-state index is -4.60. The summed E-state index contributed by atoms with van der Waals surface area (Å²) < 4.78 is 23.0. The third-order valence-electron chi connectivity index (χ3n) is 9.74. The Morgan fingerprint density at radius 1 is 0.545 bits per heavy atom. The molecule has 0 bridgehead atoms. The van der Waals surface area contributed by atoms with Crippen LogP contribution in [0.2, 0.25) is 0 Å². The number of hydrogen-bond acceptors (Lipinski definition) is 6. The largest absolute Gasteiger partial charge is 0.756 e. The van der Waals surface area contributed by atoms with E-state index in [-0.39, 0.29) is 18.9 Å². The van der Waals surface area contributed by atoms with Crippen LogP contribution in [0.4, 0.5) is 0 Å². The maximum atomic E-state index is 12.7. The molecule has 0 fully saturated rings. The number of phosphoric acid groups is 1. The van der Waals surface area contributed by atoms with Gasteiger partial charge < -0.3 is 28.8 Å². The van der Waals surface area contributed by atoms with Crippen molar-refractivity contribution in [1.29, 1.82) is 0 Å². The second-order valence-corrected chi connectivity index (χ2v) is 18.5. The van der Waals surface area contributed by atoms with E-state index in [4.69, 9.17) is 9.05 Å². The molecule has 0 aromatic heterocycles. The van der Waals surface area contributed by atoms with Gasteiger partial charge in [0.15, 0.2) is 0 Å². The average Bonchev–Trinajstić information content (AvgIpc) is 3.27. The zero-order chi connectivity index (χ0) is 48.5. The quantitative estimate of drug-likeness (QED) is 0.0273. The van der Waals surface area contributed by atoms with Gasteiger partial charge in [-0.1, -0.05) is 185 Å². The summed E-state index contributed by atoms with van der Waals surface area (Å²) in [6.07, 6.45) is 73.7. The van der Waals surface area contributed by atoms with E-state index in [0.29, 0.717) is 17.4 Å². The van der Waals surface area contributed by atoms with Crippen LogP contribution in [0, 0.1) is 0 Å². The monoisotopic (exact) mass is 931 g/mol. The fourth-order valence-electron chi connectivity index (χ4n) is 5.84. The molecule has 0 aliphatic rings. The van der Waals surface area contributed by atoms with Gasteiger partial charge in [-0.15, -0.1) is 0 Å². The number of aliphatic hydroxyl groups excluding tert-OH is 1. The lowest BCUT2D eigenvalue weighted by Gasteiger charge is -2.29. The molecule has 3 atom stereocenters. The number of likely N-dealkylation sites (N-methyl/N-ethyl adjacent to an activating group) is 1. The Labute approximate surface area is 403 Å². The van der Waals surface area contributed by atoms with Crippen molar-refractivity contribution < 1.29 is 32.9 Å². The van der Waals surface area contributed by atoms with Crippen LogP contribution >= 0.6 is 7.82 Å².